The lowest BCUT2D eigenvalue weighted by molar-refractivity contribution is 0.406. The fraction of sp³-hybridized carbons (Fsp3) is 0.200. The van der Waals surface area contributed by atoms with Gasteiger partial charge in [0, 0.05) is 17.2 Å². The van der Waals surface area contributed by atoms with E-state index in [0.29, 0.717) is 26.9 Å². The smallest absolute Gasteiger partial charge is 0.141 e. The van der Waals surface area contributed by atoms with E-state index < -0.39 is 10.6 Å². The molecule has 20 heavy (non-hydrogen) atoms. The van der Waals surface area contributed by atoms with Crippen LogP contribution < -0.4 is 4.74 Å². The van der Waals surface area contributed by atoms with Crippen molar-refractivity contribution in [1.82, 2.24) is 0 Å². The van der Waals surface area contributed by atoms with Crippen LogP contribution >= 0.6 is 31.9 Å². The van der Waals surface area contributed by atoms with Gasteiger partial charge < -0.3 is 4.74 Å². The van der Waals surface area contributed by atoms with Crippen molar-refractivity contribution in [3.63, 3.8) is 0 Å². The van der Waals surface area contributed by atoms with Crippen molar-refractivity contribution in [2.45, 2.75) is 11.8 Å². The Labute approximate surface area is 133 Å². The maximum Gasteiger partial charge on any atom is 0.141 e. The van der Waals surface area contributed by atoms with Crippen LogP contribution in [-0.4, -0.2) is 7.11 Å². The van der Waals surface area contributed by atoms with Gasteiger partial charge in [-0.1, -0.05) is 34.1 Å². The first kappa shape index (κ1) is 15.4. The molecule has 0 saturated carbocycles. The van der Waals surface area contributed by atoms with Crippen molar-refractivity contribution in [2.24, 2.45) is 0 Å². The van der Waals surface area contributed by atoms with Gasteiger partial charge in [-0.05, 0) is 34.5 Å². The Kier molecular flexibility index (Phi) is 4.81. The van der Waals surface area contributed by atoms with E-state index >= 15 is 0 Å². The molecule has 2 aromatic rings. The fourth-order valence-corrected chi connectivity index (χ4v) is 3.02. The molecule has 106 valence electrons. The summed E-state index contributed by atoms with van der Waals surface area (Å²) in [4.78, 5) is -0.422. The minimum Gasteiger partial charge on any atom is -0.496 e. The highest BCUT2D eigenvalue weighted by molar-refractivity contribution is 9.10. The Bertz CT molecular complexity index is 644. The third-order valence-electron chi connectivity index (χ3n) is 3.04. The molecule has 5 heteroatoms. The van der Waals surface area contributed by atoms with Crippen LogP contribution in [0.4, 0.5) is 8.78 Å². The maximum atomic E-state index is 14.2. The summed E-state index contributed by atoms with van der Waals surface area (Å²) in [5, 5.41) is 0. The van der Waals surface area contributed by atoms with E-state index in [1.54, 1.807) is 31.2 Å². The van der Waals surface area contributed by atoms with Gasteiger partial charge in [0.15, 0.2) is 0 Å². The van der Waals surface area contributed by atoms with Crippen molar-refractivity contribution in [3.8, 4) is 5.75 Å². The Hall–Kier alpha value is -0.940. The second kappa shape index (κ2) is 6.22. The number of alkyl halides is 1. The van der Waals surface area contributed by atoms with Crippen LogP contribution in [0.2, 0.25) is 0 Å². The Morgan fingerprint density at radius 1 is 1.15 bits per heavy atom. The van der Waals surface area contributed by atoms with Crippen molar-refractivity contribution in [1.29, 1.82) is 0 Å². The number of methoxy groups -OCH3 is 1. The van der Waals surface area contributed by atoms with E-state index in [1.807, 2.05) is 0 Å². The SMILES string of the molecule is COc1cc(F)c(Br)cc1C(Br)c1cccc(C)c1F. The molecule has 2 aromatic carbocycles. The molecule has 0 saturated heterocycles. The molecule has 0 spiro atoms. The Morgan fingerprint density at radius 3 is 2.50 bits per heavy atom. The molecule has 0 fully saturated rings. The maximum absolute atomic E-state index is 14.2. The molecule has 0 aromatic heterocycles. The standard InChI is InChI=1S/C15H12Br2F2O/c1-8-4-3-5-9(15(8)19)14(17)10-6-11(16)12(18)7-13(10)20-2/h3-7,14H,1-2H3. The average Bonchev–Trinajstić information content (AvgIpc) is 2.43. The predicted octanol–water partition coefficient (Wildman–Crippen LogP) is 5.53. The molecule has 1 unspecified atom stereocenters. The zero-order chi connectivity index (χ0) is 14.9. The monoisotopic (exact) mass is 404 g/mol. The molecule has 0 radical (unpaired) electrons. The van der Waals surface area contributed by atoms with Gasteiger partial charge in [0.1, 0.15) is 17.4 Å². The lowest BCUT2D eigenvalue weighted by Gasteiger charge is -2.17. The summed E-state index contributed by atoms with van der Waals surface area (Å²) < 4.78 is 33.2. The summed E-state index contributed by atoms with van der Waals surface area (Å²) in [6, 6.07) is 8.05. The average molecular weight is 406 g/mol. The first-order valence-corrected chi connectivity index (χ1v) is 7.58. The number of hydrogen-bond donors (Lipinski definition) is 0. The van der Waals surface area contributed by atoms with E-state index in [4.69, 9.17) is 4.74 Å². The Morgan fingerprint density at radius 2 is 1.85 bits per heavy atom. The number of aryl methyl sites for hydroxylation is 1. The molecule has 0 N–H and O–H groups in total. The molecule has 2 rings (SSSR count). The fourth-order valence-electron chi connectivity index (χ4n) is 1.95. The molecule has 1 nitrogen and oxygen atoms in total. The third-order valence-corrected chi connectivity index (χ3v) is 4.63. The predicted molar refractivity (Wildman–Crippen MR) is 82.6 cm³/mol. The van der Waals surface area contributed by atoms with Gasteiger partial charge in [-0.2, -0.15) is 0 Å². The normalized spacial score (nSPS) is 12.3. The van der Waals surface area contributed by atoms with Crippen LogP contribution in [-0.2, 0) is 0 Å². The first-order chi connectivity index (χ1) is 9.45. The van der Waals surface area contributed by atoms with Crippen LogP contribution in [0.25, 0.3) is 0 Å². The minimum atomic E-state index is -0.422. The molecule has 0 bridgehead atoms. The van der Waals surface area contributed by atoms with E-state index in [-0.39, 0.29) is 5.82 Å². The molecular formula is C15H12Br2F2O. The zero-order valence-electron chi connectivity index (χ0n) is 10.9. The zero-order valence-corrected chi connectivity index (χ0v) is 14.1. The van der Waals surface area contributed by atoms with Crippen LogP contribution in [0, 0.1) is 18.6 Å². The summed E-state index contributed by atoms with van der Waals surface area (Å²) in [6.07, 6.45) is 0. The number of halogens is 4. The van der Waals surface area contributed by atoms with Crippen molar-refractivity contribution < 1.29 is 13.5 Å². The second-order valence-electron chi connectivity index (χ2n) is 4.35. The number of benzene rings is 2. The summed E-state index contributed by atoms with van der Waals surface area (Å²) in [5.74, 6) is -0.333. The number of ether oxygens (including phenoxy) is 1. The highest BCUT2D eigenvalue weighted by Gasteiger charge is 2.21. The molecule has 0 aliphatic rings. The van der Waals surface area contributed by atoms with Gasteiger partial charge in [-0.25, -0.2) is 8.78 Å². The second-order valence-corrected chi connectivity index (χ2v) is 6.12. The van der Waals surface area contributed by atoms with Gasteiger partial charge in [0.25, 0.3) is 0 Å². The van der Waals surface area contributed by atoms with Gasteiger partial charge in [0.2, 0.25) is 0 Å². The van der Waals surface area contributed by atoms with E-state index in [1.165, 1.54) is 13.2 Å². The van der Waals surface area contributed by atoms with Crippen LogP contribution in [0.1, 0.15) is 21.5 Å². The van der Waals surface area contributed by atoms with Crippen LogP contribution in [0.5, 0.6) is 5.75 Å². The Balaban J connectivity index is 2.55. The van der Waals surface area contributed by atoms with Gasteiger partial charge in [-0.15, -0.1) is 0 Å². The van der Waals surface area contributed by atoms with Crippen molar-refractivity contribution in [3.05, 3.63) is 63.1 Å². The van der Waals surface area contributed by atoms with Gasteiger partial charge >= 0.3 is 0 Å². The van der Waals surface area contributed by atoms with E-state index in [9.17, 15) is 8.78 Å². The van der Waals surface area contributed by atoms with Gasteiger partial charge in [-0.3, -0.25) is 0 Å². The number of rotatable bonds is 3. The molecule has 0 aliphatic heterocycles. The largest absolute Gasteiger partial charge is 0.496 e. The van der Waals surface area contributed by atoms with Crippen molar-refractivity contribution in [2.75, 3.05) is 7.11 Å². The lowest BCUT2D eigenvalue weighted by atomic mass is 10.0. The summed E-state index contributed by atoms with van der Waals surface area (Å²) >= 11 is 6.60. The lowest BCUT2D eigenvalue weighted by Crippen LogP contribution is -2.02. The summed E-state index contributed by atoms with van der Waals surface area (Å²) in [5.41, 5.74) is 1.71. The van der Waals surface area contributed by atoms with Crippen LogP contribution in [0.3, 0.4) is 0 Å². The number of hydrogen-bond acceptors (Lipinski definition) is 1. The van der Waals surface area contributed by atoms with E-state index in [0.717, 1.165) is 0 Å². The molecule has 1 atom stereocenters. The molecule has 0 amide bonds. The molecule has 0 heterocycles. The van der Waals surface area contributed by atoms with Gasteiger partial charge in [0.05, 0.1) is 16.4 Å². The highest BCUT2D eigenvalue weighted by Crippen LogP contribution is 2.40. The first-order valence-electron chi connectivity index (χ1n) is 5.87. The quantitative estimate of drug-likeness (QED) is 0.610. The summed E-state index contributed by atoms with van der Waals surface area (Å²) in [7, 11) is 1.46. The summed E-state index contributed by atoms with van der Waals surface area (Å²) in [6.45, 7) is 1.70. The van der Waals surface area contributed by atoms with E-state index in [2.05, 4.69) is 31.9 Å². The molecular weight excluding hydrogens is 394 g/mol. The van der Waals surface area contributed by atoms with Crippen LogP contribution in [0.15, 0.2) is 34.8 Å². The molecule has 0 aliphatic carbocycles. The van der Waals surface area contributed by atoms with Crippen molar-refractivity contribution >= 4 is 31.9 Å². The topological polar surface area (TPSA) is 9.23 Å². The minimum absolute atomic E-state index is 0.281. The third kappa shape index (κ3) is 2.88. The highest BCUT2D eigenvalue weighted by atomic mass is 79.9.